The molecule has 0 aliphatic carbocycles. The summed E-state index contributed by atoms with van der Waals surface area (Å²) < 4.78 is 0.645. The van der Waals surface area contributed by atoms with Gasteiger partial charge >= 0.3 is 0 Å². The highest BCUT2D eigenvalue weighted by atomic mass is 32.2. The van der Waals surface area contributed by atoms with E-state index in [0.717, 1.165) is 17.2 Å². The van der Waals surface area contributed by atoms with Crippen molar-refractivity contribution in [3.63, 3.8) is 0 Å². The predicted molar refractivity (Wildman–Crippen MR) is 64.9 cm³/mol. The van der Waals surface area contributed by atoms with Crippen LogP contribution >= 0.6 is 24.0 Å². The van der Waals surface area contributed by atoms with E-state index in [9.17, 15) is 0 Å². The molecule has 2 N–H and O–H groups in total. The number of aryl methyl sites for hydroxylation is 2. The molecule has 1 rings (SSSR count). The van der Waals surface area contributed by atoms with E-state index < -0.39 is 0 Å². The summed E-state index contributed by atoms with van der Waals surface area (Å²) in [4.78, 5) is 7.33. The molecule has 14 heavy (non-hydrogen) atoms. The van der Waals surface area contributed by atoms with Gasteiger partial charge in [-0.2, -0.15) is 5.10 Å². The van der Waals surface area contributed by atoms with Crippen LogP contribution in [-0.2, 0) is 0 Å². The molecule has 0 unspecified atom stereocenters. The third kappa shape index (κ3) is 3.12. The number of aromatic amines is 1. The van der Waals surface area contributed by atoms with Gasteiger partial charge in [-0.1, -0.05) is 24.0 Å². The highest BCUT2D eigenvalue weighted by molar-refractivity contribution is 8.22. The number of hydrogen-bond acceptors (Lipinski definition) is 4. The van der Waals surface area contributed by atoms with Gasteiger partial charge in [-0.3, -0.25) is 5.43 Å². The van der Waals surface area contributed by atoms with Crippen LogP contribution in [0.4, 0.5) is 0 Å². The molecule has 1 heterocycles. The normalized spacial score (nSPS) is 10.8. The highest BCUT2D eigenvalue weighted by Gasteiger charge is 1.99. The van der Waals surface area contributed by atoms with Gasteiger partial charge in [0.15, 0.2) is 4.32 Å². The Morgan fingerprint density at radius 2 is 2.36 bits per heavy atom. The molecule has 0 fully saturated rings. The second kappa shape index (κ2) is 5.11. The molecule has 0 saturated carbocycles. The molecule has 0 aliphatic heterocycles. The molecule has 0 bridgehead atoms. The Morgan fingerprint density at radius 3 is 2.86 bits per heavy atom. The van der Waals surface area contributed by atoms with E-state index >= 15 is 0 Å². The minimum Gasteiger partial charge on any atom is -0.346 e. The second-order valence-corrected chi connectivity index (χ2v) is 4.18. The lowest BCUT2D eigenvalue weighted by molar-refractivity contribution is 1.07. The molecule has 0 spiro atoms. The molecule has 0 aromatic carbocycles. The van der Waals surface area contributed by atoms with Gasteiger partial charge in [0.2, 0.25) is 0 Å². The van der Waals surface area contributed by atoms with Gasteiger partial charge in [0.25, 0.3) is 0 Å². The maximum Gasteiger partial charge on any atom is 0.153 e. The van der Waals surface area contributed by atoms with Crippen molar-refractivity contribution in [2.24, 2.45) is 5.10 Å². The first-order chi connectivity index (χ1) is 6.63. The average molecular weight is 228 g/mol. The van der Waals surface area contributed by atoms with Crippen LogP contribution in [0.2, 0.25) is 0 Å². The summed E-state index contributed by atoms with van der Waals surface area (Å²) in [7, 11) is 0. The lowest BCUT2D eigenvalue weighted by atomic mass is 10.4. The Labute approximate surface area is 92.6 Å². The zero-order valence-corrected chi connectivity index (χ0v) is 9.92. The van der Waals surface area contributed by atoms with E-state index in [0.29, 0.717) is 4.32 Å². The molecule has 0 saturated heterocycles. The Balaban J connectivity index is 2.60. The van der Waals surface area contributed by atoms with E-state index in [4.69, 9.17) is 12.2 Å². The van der Waals surface area contributed by atoms with Gasteiger partial charge in [0.1, 0.15) is 11.5 Å². The topological polar surface area (TPSA) is 53.1 Å². The first-order valence-electron chi connectivity index (χ1n) is 4.03. The fourth-order valence-electron chi connectivity index (χ4n) is 0.945. The highest BCUT2D eigenvalue weighted by Crippen LogP contribution is 2.00. The monoisotopic (exact) mass is 228 g/mol. The number of thioether (sulfide) groups is 1. The van der Waals surface area contributed by atoms with Crippen molar-refractivity contribution in [1.82, 2.24) is 15.4 Å². The zero-order chi connectivity index (χ0) is 10.6. The third-order valence-corrected chi connectivity index (χ3v) is 2.62. The number of aromatic nitrogens is 2. The Kier molecular flexibility index (Phi) is 4.09. The fourth-order valence-corrected chi connectivity index (χ4v) is 1.14. The van der Waals surface area contributed by atoms with E-state index in [1.54, 1.807) is 6.21 Å². The number of nitrogens with one attached hydrogen (secondary N) is 2. The largest absolute Gasteiger partial charge is 0.346 e. The third-order valence-electron chi connectivity index (χ3n) is 1.57. The van der Waals surface area contributed by atoms with E-state index in [2.05, 4.69) is 20.5 Å². The van der Waals surface area contributed by atoms with Crippen LogP contribution in [-0.4, -0.2) is 26.8 Å². The lowest BCUT2D eigenvalue weighted by Crippen LogP contribution is -2.10. The minimum absolute atomic E-state index is 0.645. The number of H-pyrrole nitrogens is 1. The van der Waals surface area contributed by atoms with E-state index in [1.807, 2.05) is 20.1 Å². The molecular weight excluding hydrogens is 216 g/mol. The van der Waals surface area contributed by atoms with Crippen molar-refractivity contribution in [1.29, 1.82) is 0 Å². The zero-order valence-electron chi connectivity index (χ0n) is 8.29. The van der Waals surface area contributed by atoms with E-state index in [-0.39, 0.29) is 0 Å². The predicted octanol–water partition coefficient (Wildman–Crippen LogP) is 1.60. The van der Waals surface area contributed by atoms with Crippen LogP contribution in [0.5, 0.6) is 0 Å². The second-order valence-electron chi connectivity index (χ2n) is 2.69. The van der Waals surface area contributed by atoms with Gasteiger partial charge in [-0.15, -0.1) is 0 Å². The molecule has 6 heteroatoms. The molecule has 4 nitrogen and oxygen atoms in total. The number of nitrogens with zero attached hydrogens (tertiary/aromatic N) is 2. The number of rotatable bonds is 2. The van der Waals surface area contributed by atoms with Crippen molar-refractivity contribution in [2.45, 2.75) is 13.8 Å². The van der Waals surface area contributed by atoms with Gasteiger partial charge in [-0.25, -0.2) is 4.98 Å². The van der Waals surface area contributed by atoms with Crippen LogP contribution in [0.25, 0.3) is 0 Å². The van der Waals surface area contributed by atoms with Crippen molar-refractivity contribution in [3.05, 3.63) is 17.2 Å². The maximum atomic E-state index is 4.92. The summed E-state index contributed by atoms with van der Waals surface area (Å²) in [5.41, 5.74) is 4.56. The van der Waals surface area contributed by atoms with Crippen molar-refractivity contribution in [2.75, 3.05) is 6.26 Å². The standard InChI is InChI=1S/C8H12N4S2/c1-5-7(11-6(2)10-5)4-9-12-8(13)14-3/h4H,1-3H3,(H,10,11)(H,12,13)/b9-4+. The summed E-state index contributed by atoms with van der Waals surface area (Å²) in [6.07, 6.45) is 3.55. The van der Waals surface area contributed by atoms with Crippen LogP contribution in [0.1, 0.15) is 17.2 Å². The van der Waals surface area contributed by atoms with Crippen molar-refractivity contribution >= 4 is 34.5 Å². The molecule has 0 atom stereocenters. The number of hydrazone groups is 1. The maximum absolute atomic E-state index is 4.92. The SMILES string of the molecule is CSC(=S)N/N=C/c1nc(C)[nH]c1C. The summed E-state index contributed by atoms with van der Waals surface area (Å²) in [6, 6.07) is 0. The van der Waals surface area contributed by atoms with Gasteiger partial charge in [0.05, 0.1) is 6.21 Å². The van der Waals surface area contributed by atoms with Gasteiger partial charge in [0, 0.05) is 5.69 Å². The number of thiocarbonyl (C=S) groups is 1. The Morgan fingerprint density at radius 1 is 1.64 bits per heavy atom. The van der Waals surface area contributed by atoms with E-state index in [1.165, 1.54) is 11.8 Å². The minimum atomic E-state index is 0.645. The Hall–Kier alpha value is -0.880. The van der Waals surface area contributed by atoms with Crippen LogP contribution in [0, 0.1) is 13.8 Å². The van der Waals surface area contributed by atoms with Gasteiger partial charge < -0.3 is 4.98 Å². The number of hydrogen-bond donors (Lipinski definition) is 2. The van der Waals surface area contributed by atoms with Crippen LogP contribution < -0.4 is 5.43 Å². The summed E-state index contributed by atoms with van der Waals surface area (Å²) in [5, 5.41) is 3.97. The summed E-state index contributed by atoms with van der Waals surface area (Å²) in [5.74, 6) is 0.886. The van der Waals surface area contributed by atoms with Crippen LogP contribution in [0.3, 0.4) is 0 Å². The summed E-state index contributed by atoms with van der Waals surface area (Å²) >= 11 is 6.37. The average Bonchev–Trinajstić information content (AvgIpc) is 2.45. The van der Waals surface area contributed by atoms with Crippen LogP contribution in [0.15, 0.2) is 5.10 Å². The van der Waals surface area contributed by atoms with Crippen molar-refractivity contribution < 1.29 is 0 Å². The molecule has 1 aromatic rings. The smallest absolute Gasteiger partial charge is 0.153 e. The lowest BCUT2D eigenvalue weighted by Gasteiger charge is -1.95. The van der Waals surface area contributed by atoms with Crippen molar-refractivity contribution in [3.8, 4) is 0 Å². The molecule has 0 aliphatic rings. The Bertz CT molecular complexity index is 356. The number of imidazole rings is 1. The first-order valence-corrected chi connectivity index (χ1v) is 5.67. The molecule has 1 aromatic heterocycles. The first kappa shape index (κ1) is 11.2. The van der Waals surface area contributed by atoms with Gasteiger partial charge in [-0.05, 0) is 20.1 Å². The summed E-state index contributed by atoms with van der Waals surface area (Å²) in [6.45, 7) is 3.86. The fraction of sp³-hybridized carbons (Fsp3) is 0.375. The molecule has 0 amide bonds. The quantitative estimate of drug-likeness (QED) is 0.458. The molecular formula is C8H12N4S2. The molecule has 76 valence electrons. The molecule has 0 radical (unpaired) electrons.